The van der Waals surface area contributed by atoms with Gasteiger partial charge in [-0.1, -0.05) is 18.2 Å². The number of carbonyl (C=O) groups excluding carboxylic acids is 1. The van der Waals surface area contributed by atoms with Crippen molar-refractivity contribution < 1.29 is 9.21 Å². The molecule has 1 atom stereocenters. The number of amides is 1. The molecule has 1 aromatic carbocycles. The number of anilines is 1. The number of benzene rings is 1. The van der Waals surface area contributed by atoms with E-state index in [4.69, 9.17) is 4.42 Å². The lowest BCUT2D eigenvalue weighted by molar-refractivity contribution is 0.102. The molecule has 0 bridgehead atoms. The smallest absolute Gasteiger partial charge is 0.255 e. The largest absolute Gasteiger partial charge is 0.444 e. The number of rotatable bonds is 5. The van der Waals surface area contributed by atoms with Crippen molar-refractivity contribution in [1.29, 1.82) is 0 Å². The number of hydrogen-bond donors (Lipinski definition) is 2. The van der Waals surface area contributed by atoms with E-state index < -0.39 is 0 Å². The van der Waals surface area contributed by atoms with Crippen LogP contribution >= 0.6 is 0 Å². The average Bonchev–Trinajstić information content (AvgIpc) is 3.29. The molecular formula is C21H25N5O2. The molecule has 2 N–H and O–H groups in total. The molecule has 1 aliphatic heterocycles. The van der Waals surface area contributed by atoms with E-state index in [0.717, 1.165) is 54.7 Å². The third-order valence-corrected chi connectivity index (χ3v) is 5.30. The van der Waals surface area contributed by atoms with E-state index in [1.165, 1.54) is 0 Å². The standard InChI is InChI=1S/C21H25N5O2/c1-14-15(2)28-19(23-14)13-26-10-6-9-17(12-26)20-18(11-22-25-20)24-21(27)16-7-4-3-5-8-16/h3-5,7-8,11,17H,6,9-10,12-13H2,1-2H3,(H,22,25)(H,24,27)/t17-/m1/s1. The van der Waals surface area contributed by atoms with Crippen molar-refractivity contribution in [3.63, 3.8) is 0 Å². The molecule has 7 nitrogen and oxygen atoms in total. The number of nitrogens with zero attached hydrogens (tertiary/aromatic N) is 3. The van der Waals surface area contributed by atoms with Gasteiger partial charge < -0.3 is 9.73 Å². The van der Waals surface area contributed by atoms with Crippen LogP contribution < -0.4 is 5.32 Å². The van der Waals surface area contributed by atoms with Gasteiger partial charge in [-0.25, -0.2) is 4.98 Å². The maximum Gasteiger partial charge on any atom is 0.255 e. The minimum atomic E-state index is -0.123. The predicted octanol–water partition coefficient (Wildman–Crippen LogP) is 3.65. The van der Waals surface area contributed by atoms with E-state index in [2.05, 4.69) is 25.4 Å². The Labute approximate surface area is 164 Å². The van der Waals surface area contributed by atoms with Crippen molar-refractivity contribution in [3.8, 4) is 0 Å². The molecule has 146 valence electrons. The number of aryl methyl sites for hydroxylation is 2. The van der Waals surface area contributed by atoms with Crippen LogP contribution in [0.15, 0.2) is 40.9 Å². The van der Waals surface area contributed by atoms with E-state index in [0.29, 0.717) is 12.1 Å². The number of carbonyl (C=O) groups is 1. The molecule has 1 fully saturated rings. The molecule has 3 heterocycles. The fourth-order valence-corrected chi connectivity index (χ4v) is 3.72. The first-order chi connectivity index (χ1) is 13.6. The minimum Gasteiger partial charge on any atom is -0.444 e. The van der Waals surface area contributed by atoms with Crippen LogP contribution in [0.2, 0.25) is 0 Å². The van der Waals surface area contributed by atoms with Gasteiger partial charge in [0.1, 0.15) is 5.76 Å². The lowest BCUT2D eigenvalue weighted by Gasteiger charge is -2.31. The Morgan fingerprint density at radius 1 is 1.32 bits per heavy atom. The van der Waals surface area contributed by atoms with E-state index in [1.807, 2.05) is 32.0 Å². The highest BCUT2D eigenvalue weighted by Gasteiger charge is 2.26. The number of oxazole rings is 1. The molecule has 0 aliphatic carbocycles. The first-order valence-electron chi connectivity index (χ1n) is 9.65. The summed E-state index contributed by atoms with van der Waals surface area (Å²) in [6.07, 6.45) is 3.82. The zero-order chi connectivity index (χ0) is 19.5. The van der Waals surface area contributed by atoms with E-state index >= 15 is 0 Å². The van der Waals surface area contributed by atoms with Crippen LogP contribution in [0.5, 0.6) is 0 Å². The third kappa shape index (κ3) is 3.99. The number of aromatic amines is 1. The lowest BCUT2D eigenvalue weighted by atomic mass is 9.94. The highest BCUT2D eigenvalue weighted by molar-refractivity contribution is 6.04. The van der Waals surface area contributed by atoms with Crippen LogP contribution in [0.25, 0.3) is 0 Å². The monoisotopic (exact) mass is 379 g/mol. The van der Waals surface area contributed by atoms with Crippen LogP contribution in [-0.2, 0) is 6.54 Å². The Morgan fingerprint density at radius 3 is 2.89 bits per heavy atom. The maximum atomic E-state index is 12.5. The third-order valence-electron chi connectivity index (χ3n) is 5.30. The highest BCUT2D eigenvalue weighted by Crippen LogP contribution is 2.31. The fourth-order valence-electron chi connectivity index (χ4n) is 3.72. The number of nitrogens with one attached hydrogen (secondary N) is 2. The average molecular weight is 379 g/mol. The molecule has 28 heavy (non-hydrogen) atoms. The molecule has 3 aromatic rings. The van der Waals surface area contributed by atoms with Gasteiger partial charge in [0.25, 0.3) is 5.91 Å². The van der Waals surface area contributed by atoms with Crippen LogP contribution in [0.3, 0.4) is 0 Å². The predicted molar refractivity (Wildman–Crippen MR) is 106 cm³/mol. The molecule has 7 heteroatoms. The first-order valence-corrected chi connectivity index (χ1v) is 9.65. The van der Waals surface area contributed by atoms with Crippen LogP contribution in [0.1, 0.15) is 52.2 Å². The SMILES string of the molecule is Cc1nc(CN2CCC[C@@H](c3[nH]ncc3NC(=O)c3ccccc3)C2)oc1C. The summed E-state index contributed by atoms with van der Waals surface area (Å²) < 4.78 is 5.74. The zero-order valence-electron chi connectivity index (χ0n) is 16.2. The molecule has 2 aromatic heterocycles. The van der Waals surface area contributed by atoms with Gasteiger partial charge in [0.15, 0.2) is 0 Å². The lowest BCUT2D eigenvalue weighted by Crippen LogP contribution is -2.34. The summed E-state index contributed by atoms with van der Waals surface area (Å²) in [6.45, 7) is 6.49. The van der Waals surface area contributed by atoms with Crippen LogP contribution in [-0.4, -0.2) is 39.1 Å². The van der Waals surface area contributed by atoms with Gasteiger partial charge in [-0.3, -0.25) is 14.8 Å². The Balaban J connectivity index is 1.44. The van der Waals surface area contributed by atoms with Gasteiger partial charge in [0.2, 0.25) is 5.89 Å². The number of hydrogen-bond acceptors (Lipinski definition) is 5. The summed E-state index contributed by atoms with van der Waals surface area (Å²) in [5.74, 6) is 1.79. The Morgan fingerprint density at radius 2 is 2.14 bits per heavy atom. The second kappa shape index (κ2) is 7.98. The van der Waals surface area contributed by atoms with Gasteiger partial charge >= 0.3 is 0 Å². The van der Waals surface area contributed by atoms with Crippen molar-refractivity contribution in [1.82, 2.24) is 20.1 Å². The molecule has 0 radical (unpaired) electrons. The zero-order valence-corrected chi connectivity index (χ0v) is 16.2. The molecule has 0 unspecified atom stereocenters. The van der Waals surface area contributed by atoms with Crippen molar-refractivity contribution in [2.75, 3.05) is 18.4 Å². The van der Waals surface area contributed by atoms with Crippen LogP contribution in [0.4, 0.5) is 5.69 Å². The summed E-state index contributed by atoms with van der Waals surface area (Å²) in [4.78, 5) is 19.3. The normalized spacial score (nSPS) is 17.6. The van der Waals surface area contributed by atoms with E-state index in [-0.39, 0.29) is 11.8 Å². The van der Waals surface area contributed by atoms with Crippen LogP contribution in [0, 0.1) is 13.8 Å². The minimum absolute atomic E-state index is 0.123. The fraction of sp³-hybridized carbons (Fsp3) is 0.381. The Kier molecular flexibility index (Phi) is 5.25. The van der Waals surface area contributed by atoms with Gasteiger partial charge in [-0.15, -0.1) is 0 Å². The summed E-state index contributed by atoms with van der Waals surface area (Å²) >= 11 is 0. The van der Waals surface area contributed by atoms with E-state index in [9.17, 15) is 4.79 Å². The summed E-state index contributed by atoms with van der Waals surface area (Å²) in [7, 11) is 0. The summed E-state index contributed by atoms with van der Waals surface area (Å²) in [5, 5.41) is 10.3. The Hall–Kier alpha value is -2.93. The molecule has 0 spiro atoms. The Bertz CT molecular complexity index is 927. The summed E-state index contributed by atoms with van der Waals surface area (Å²) in [5.41, 5.74) is 3.31. The summed E-state index contributed by atoms with van der Waals surface area (Å²) in [6, 6.07) is 9.22. The number of piperidine rings is 1. The van der Waals surface area contributed by atoms with Gasteiger partial charge in [-0.05, 0) is 45.4 Å². The number of H-pyrrole nitrogens is 1. The van der Waals surface area contributed by atoms with Crippen molar-refractivity contribution >= 4 is 11.6 Å². The van der Waals surface area contributed by atoms with Crippen molar-refractivity contribution in [2.45, 2.75) is 39.2 Å². The van der Waals surface area contributed by atoms with Gasteiger partial charge in [0, 0.05) is 18.0 Å². The van der Waals surface area contributed by atoms with Gasteiger partial charge in [-0.2, -0.15) is 5.10 Å². The molecule has 1 amide bonds. The van der Waals surface area contributed by atoms with Crippen molar-refractivity contribution in [3.05, 3.63) is 65.1 Å². The second-order valence-electron chi connectivity index (χ2n) is 7.34. The van der Waals surface area contributed by atoms with Gasteiger partial charge in [0.05, 0.1) is 29.8 Å². The number of aromatic nitrogens is 3. The second-order valence-corrected chi connectivity index (χ2v) is 7.34. The maximum absolute atomic E-state index is 12.5. The molecule has 0 saturated carbocycles. The van der Waals surface area contributed by atoms with E-state index in [1.54, 1.807) is 18.3 Å². The molecular weight excluding hydrogens is 354 g/mol. The van der Waals surface area contributed by atoms with Crippen molar-refractivity contribution in [2.24, 2.45) is 0 Å². The highest BCUT2D eigenvalue weighted by atomic mass is 16.4. The molecule has 1 aliphatic rings. The molecule has 4 rings (SSSR count). The quantitative estimate of drug-likeness (QED) is 0.707. The topological polar surface area (TPSA) is 87.0 Å². The molecule has 1 saturated heterocycles. The number of likely N-dealkylation sites (tertiary alicyclic amines) is 1. The first kappa shape index (κ1) is 18.4.